The van der Waals surface area contributed by atoms with E-state index in [0.29, 0.717) is 19.1 Å². The fraction of sp³-hybridized carbons (Fsp3) is 0.333. The zero-order chi connectivity index (χ0) is 27.4. The molecular formula is C30H33BrN6OS. The van der Waals surface area contributed by atoms with E-state index in [1.807, 2.05) is 66.4 Å². The molecule has 0 bridgehead atoms. The van der Waals surface area contributed by atoms with Crippen LogP contribution in [0.4, 0.5) is 17.1 Å². The van der Waals surface area contributed by atoms with Crippen LogP contribution in [0.25, 0.3) is 0 Å². The van der Waals surface area contributed by atoms with E-state index in [-0.39, 0.29) is 5.91 Å². The number of halogens is 1. The Kier molecular flexibility index (Phi) is 8.66. The van der Waals surface area contributed by atoms with Crippen molar-refractivity contribution in [2.45, 2.75) is 30.7 Å². The van der Waals surface area contributed by atoms with Crippen LogP contribution in [0.3, 0.4) is 0 Å². The molecule has 2 fully saturated rings. The fourth-order valence-electron chi connectivity index (χ4n) is 5.48. The Morgan fingerprint density at radius 1 is 0.974 bits per heavy atom. The van der Waals surface area contributed by atoms with Crippen LogP contribution in [-0.2, 0) is 0 Å². The van der Waals surface area contributed by atoms with Crippen LogP contribution >= 0.6 is 27.9 Å². The van der Waals surface area contributed by atoms with Crippen molar-refractivity contribution in [3.63, 3.8) is 0 Å². The highest BCUT2D eigenvalue weighted by molar-refractivity contribution is 9.10. The predicted octanol–water partition coefficient (Wildman–Crippen LogP) is 5.64. The first kappa shape index (κ1) is 27.4. The zero-order valence-corrected chi connectivity index (χ0v) is 24.5. The van der Waals surface area contributed by atoms with Crippen molar-refractivity contribution in [1.29, 1.82) is 5.26 Å². The molecule has 0 aromatic heterocycles. The van der Waals surface area contributed by atoms with E-state index in [2.05, 4.69) is 43.2 Å². The summed E-state index contributed by atoms with van der Waals surface area (Å²) < 4.78 is 0.967. The van der Waals surface area contributed by atoms with Crippen molar-refractivity contribution >= 4 is 50.8 Å². The predicted molar refractivity (Wildman–Crippen MR) is 163 cm³/mol. The van der Waals surface area contributed by atoms with Gasteiger partial charge in [0.1, 0.15) is 6.07 Å². The summed E-state index contributed by atoms with van der Waals surface area (Å²) in [5.41, 5.74) is 5.52. The topological polar surface area (TPSA) is 88.6 Å². The maximum absolute atomic E-state index is 13.6. The lowest BCUT2D eigenvalue weighted by Crippen LogP contribution is -2.49. The SMILES string of the molecule is Cc1cc(Br)c(NC2CCN(c3ccccc3C#N)CC2)cc1C(=O)N1CCN(c2ccccc2SN)CC1. The minimum atomic E-state index is 0.0760. The van der Waals surface area contributed by atoms with Gasteiger partial charge < -0.3 is 20.0 Å². The van der Waals surface area contributed by atoms with E-state index in [9.17, 15) is 10.1 Å². The van der Waals surface area contributed by atoms with Gasteiger partial charge in [0.2, 0.25) is 0 Å². The number of anilines is 3. The van der Waals surface area contributed by atoms with Gasteiger partial charge in [-0.3, -0.25) is 9.93 Å². The first-order valence-corrected chi connectivity index (χ1v) is 15.0. The Bertz CT molecular complexity index is 1380. The standard InChI is InChI=1S/C30H33BrN6OS/c1-21-18-25(31)26(34-23-10-12-35(13-11-23)27-7-3-2-6-22(27)20-32)19-24(21)30(38)37-16-14-36(15-17-37)28-8-4-5-9-29(28)39-33/h2-9,18-19,23,34H,10-17,33H2,1H3. The first-order valence-electron chi connectivity index (χ1n) is 13.3. The number of hydrogen-bond acceptors (Lipinski definition) is 7. The molecule has 2 aliphatic rings. The van der Waals surface area contributed by atoms with Crippen LogP contribution in [-0.4, -0.2) is 56.1 Å². The molecule has 0 unspecified atom stereocenters. The molecule has 39 heavy (non-hydrogen) atoms. The first-order chi connectivity index (χ1) is 19.0. The number of nitrogens with one attached hydrogen (secondary N) is 1. The number of amides is 1. The molecule has 2 saturated heterocycles. The van der Waals surface area contributed by atoms with E-state index in [4.69, 9.17) is 5.14 Å². The van der Waals surface area contributed by atoms with Gasteiger partial charge in [-0.2, -0.15) is 5.26 Å². The second-order valence-electron chi connectivity index (χ2n) is 10.0. The Balaban J connectivity index is 1.23. The van der Waals surface area contributed by atoms with Crippen LogP contribution in [0.1, 0.15) is 34.3 Å². The van der Waals surface area contributed by atoms with Crippen molar-refractivity contribution in [3.8, 4) is 6.07 Å². The molecule has 0 atom stereocenters. The van der Waals surface area contributed by atoms with E-state index < -0.39 is 0 Å². The quantitative estimate of drug-likeness (QED) is 0.352. The minimum Gasteiger partial charge on any atom is -0.381 e. The van der Waals surface area contributed by atoms with Gasteiger partial charge in [0, 0.05) is 65.9 Å². The number of nitrogens with two attached hydrogens (primary N) is 1. The third kappa shape index (κ3) is 6.03. The molecule has 3 aromatic carbocycles. The number of nitriles is 1. The lowest BCUT2D eigenvalue weighted by molar-refractivity contribution is 0.0746. The maximum atomic E-state index is 13.6. The fourth-order valence-corrected chi connectivity index (χ4v) is 6.53. The van der Waals surface area contributed by atoms with Gasteiger partial charge in [0.05, 0.1) is 16.9 Å². The van der Waals surface area contributed by atoms with Crippen molar-refractivity contribution in [2.24, 2.45) is 5.14 Å². The zero-order valence-electron chi connectivity index (χ0n) is 22.1. The molecule has 1 amide bonds. The number of carbonyl (C=O) groups excluding carboxylic acids is 1. The van der Waals surface area contributed by atoms with Gasteiger partial charge in [0.15, 0.2) is 0 Å². The molecule has 0 radical (unpaired) electrons. The molecule has 9 heteroatoms. The lowest BCUT2D eigenvalue weighted by atomic mass is 10.0. The summed E-state index contributed by atoms with van der Waals surface area (Å²) in [5.74, 6) is 0.0760. The highest BCUT2D eigenvalue weighted by Crippen LogP contribution is 2.32. The number of benzene rings is 3. The number of rotatable bonds is 6. The summed E-state index contributed by atoms with van der Waals surface area (Å²) in [7, 11) is 0. The summed E-state index contributed by atoms with van der Waals surface area (Å²) in [5, 5.41) is 19.0. The van der Waals surface area contributed by atoms with Gasteiger partial charge in [-0.05, 0) is 89.6 Å². The van der Waals surface area contributed by atoms with Crippen LogP contribution in [0.5, 0.6) is 0 Å². The Morgan fingerprint density at radius 2 is 1.62 bits per heavy atom. The Hall–Kier alpha value is -3.19. The van der Waals surface area contributed by atoms with Gasteiger partial charge in [-0.15, -0.1) is 0 Å². The van der Waals surface area contributed by atoms with Crippen LogP contribution < -0.4 is 20.3 Å². The number of hydrogen-bond donors (Lipinski definition) is 2. The maximum Gasteiger partial charge on any atom is 0.254 e. The van der Waals surface area contributed by atoms with E-state index in [1.165, 1.54) is 11.9 Å². The lowest BCUT2D eigenvalue weighted by Gasteiger charge is -2.37. The van der Waals surface area contributed by atoms with Gasteiger partial charge in [-0.25, -0.2) is 0 Å². The molecule has 7 nitrogen and oxygen atoms in total. The monoisotopic (exact) mass is 604 g/mol. The second kappa shape index (κ2) is 12.3. The number of piperazine rings is 1. The molecule has 5 rings (SSSR count). The molecule has 202 valence electrons. The van der Waals surface area contributed by atoms with Crippen molar-refractivity contribution in [3.05, 3.63) is 81.8 Å². The second-order valence-corrected chi connectivity index (χ2v) is 11.6. The minimum absolute atomic E-state index is 0.0760. The highest BCUT2D eigenvalue weighted by atomic mass is 79.9. The molecule has 0 aliphatic carbocycles. The number of aryl methyl sites for hydroxylation is 1. The summed E-state index contributed by atoms with van der Waals surface area (Å²) in [6.45, 7) is 6.64. The number of nitrogens with zero attached hydrogens (tertiary/aromatic N) is 4. The van der Waals surface area contributed by atoms with Gasteiger partial charge in [0.25, 0.3) is 5.91 Å². The van der Waals surface area contributed by atoms with Crippen LogP contribution in [0.15, 0.2) is 70.0 Å². The smallest absolute Gasteiger partial charge is 0.254 e. The molecule has 3 N–H and O–H groups in total. The molecule has 2 aliphatic heterocycles. The Morgan fingerprint density at radius 3 is 2.31 bits per heavy atom. The molecule has 0 saturated carbocycles. The summed E-state index contributed by atoms with van der Waals surface area (Å²) in [6.07, 6.45) is 1.90. The summed E-state index contributed by atoms with van der Waals surface area (Å²) in [6, 6.07) is 22.6. The highest BCUT2D eigenvalue weighted by Gasteiger charge is 2.26. The van der Waals surface area contributed by atoms with Gasteiger partial charge >= 0.3 is 0 Å². The normalized spacial score (nSPS) is 16.2. The molecule has 2 heterocycles. The van der Waals surface area contributed by atoms with E-state index in [0.717, 1.165) is 82.1 Å². The number of piperidine rings is 1. The molecule has 3 aromatic rings. The average molecular weight is 606 g/mol. The van der Waals surface area contributed by atoms with Crippen molar-refractivity contribution < 1.29 is 4.79 Å². The average Bonchev–Trinajstić information content (AvgIpc) is 2.98. The Labute approximate surface area is 243 Å². The molecule has 0 spiro atoms. The van der Waals surface area contributed by atoms with E-state index in [1.54, 1.807) is 0 Å². The van der Waals surface area contributed by atoms with Crippen molar-refractivity contribution in [1.82, 2.24) is 4.90 Å². The third-order valence-electron chi connectivity index (χ3n) is 7.66. The van der Waals surface area contributed by atoms with Crippen LogP contribution in [0, 0.1) is 18.3 Å². The molecular weight excluding hydrogens is 572 g/mol. The summed E-state index contributed by atoms with van der Waals surface area (Å²) in [4.78, 5) is 21.2. The largest absolute Gasteiger partial charge is 0.381 e. The van der Waals surface area contributed by atoms with Crippen LogP contribution in [0.2, 0.25) is 0 Å². The van der Waals surface area contributed by atoms with Crippen molar-refractivity contribution in [2.75, 3.05) is 54.4 Å². The number of carbonyl (C=O) groups is 1. The third-order valence-corrected chi connectivity index (χ3v) is 8.92. The van der Waals surface area contributed by atoms with Gasteiger partial charge in [-0.1, -0.05) is 24.3 Å². The number of para-hydroxylation sites is 2. The summed E-state index contributed by atoms with van der Waals surface area (Å²) >= 11 is 4.98. The van der Waals surface area contributed by atoms with E-state index >= 15 is 0 Å².